The van der Waals surface area contributed by atoms with Crippen LogP contribution in [0.2, 0.25) is 0 Å². The number of ether oxygens (including phenoxy) is 1. The topological polar surface area (TPSA) is 9.23 Å². The summed E-state index contributed by atoms with van der Waals surface area (Å²) in [6.07, 6.45) is 10.2. The molecule has 0 spiro atoms. The van der Waals surface area contributed by atoms with Crippen LogP contribution in [0.4, 0.5) is 0 Å². The Morgan fingerprint density at radius 2 is 1.42 bits per heavy atom. The molecule has 0 fully saturated rings. The molecule has 19 heavy (non-hydrogen) atoms. The first-order chi connectivity index (χ1) is 8.93. The summed E-state index contributed by atoms with van der Waals surface area (Å²) in [5.74, 6) is 0. The van der Waals surface area contributed by atoms with E-state index in [-0.39, 0.29) is 7.43 Å². The van der Waals surface area contributed by atoms with E-state index in [1.165, 1.54) is 56.9 Å². The molecule has 0 aliphatic heterocycles. The molecule has 0 bridgehead atoms. The van der Waals surface area contributed by atoms with Crippen molar-refractivity contribution in [1.29, 1.82) is 0 Å². The van der Waals surface area contributed by atoms with Crippen LogP contribution in [0, 0.1) is 0 Å². The Morgan fingerprint density at radius 1 is 0.789 bits per heavy atom. The van der Waals surface area contributed by atoms with Crippen LogP contribution in [0.5, 0.6) is 0 Å². The minimum atomic E-state index is 0. The SMILES string of the molecule is C.CCCCCCCOCCCCc1ccccc1. The van der Waals surface area contributed by atoms with Crippen molar-refractivity contribution in [1.82, 2.24) is 0 Å². The second-order valence-electron chi connectivity index (χ2n) is 4.97. The second kappa shape index (κ2) is 13.6. The van der Waals surface area contributed by atoms with E-state index in [1.54, 1.807) is 0 Å². The summed E-state index contributed by atoms with van der Waals surface area (Å²) in [4.78, 5) is 0. The van der Waals surface area contributed by atoms with Gasteiger partial charge in [0.05, 0.1) is 0 Å². The molecular weight excluding hydrogens is 232 g/mol. The van der Waals surface area contributed by atoms with Crippen LogP contribution < -0.4 is 0 Å². The smallest absolute Gasteiger partial charge is 0.0466 e. The summed E-state index contributed by atoms with van der Waals surface area (Å²) in [6.45, 7) is 4.14. The highest BCUT2D eigenvalue weighted by Crippen LogP contribution is 2.05. The van der Waals surface area contributed by atoms with Gasteiger partial charge in [0, 0.05) is 13.2 Å². The van der Waals surface area contributed by atoms with E-state index in [2.05, 4.69) is 37.3 Å². The number of hydrogen-bond donors (Lipinski definition) is 0. The van der Waals surface area contributed by atoms with Crippen molar-refractivity contribution in [3.8, 4) is 0 Å². The molecule has 1 heteroatoms. The molecule has 0 aliphatic carbocycles. The van der Waals surface area contributed by atoms with Crippen molar-refractivity contribution < 1.29 is 4.74 Å². The normalized spacial score (nSPS) is 10.2. The summed E-state index contributed by atoms with van der Waals surface area (Å²) < 4.78 is 5.65. The lowest BCUT2D eigenvalue weighted by Crippen LogP contribution is -1.98. The lowest BCUT2D eigenvalue weighted by molar-refractivity contribution is 0.126. The molecule has 0 unspecified atom stereocenters. The maximum atomic E-state index is 5.65. The van der Waals surface area contributed by atoms with Crippen LogP contribution in [0.15, 0.2) is 30.3 Å². The molecule has 0 atom stereocenters. The van der Waals surface area contributed by atoms with Crippen LogP contribution in [-0.2, 0) is 11.2 Å². The Balaban J connectivity index is 0.00000324. The van der Waals surface area contributed by atoms with E-state index in [0.29, 0.717) is 0 Å². The van der Waals surface area contributed by atoms with Gasteiger partial charge in [0.15, 0.2) is 0 Å². The third kappa shape index (κ3) is 10.8. The largest absolute Gasteiger partial charge is 0.381 e. The number of benzene rings is 1. The van der Waals surface area contributed by atoms with Gasteiger partial charge in [0.25, 0.3) is 0 Å². The van der Waals surface area contributed by atoms with Crippen LogP contribution in [0.3, 0.4) is 0 Å². The van der Waals surface area contributed by atoms with Crippen molar-refractivity contribution in [3.05, 3.63) is 35.9 Å². The number of aryl methyl sites for hydroxylation is 1. The van der Waals surface area contributed by atoms with E-state index < -0.39 is 0 Å². The first-order valence-electron chi connectivity index (χ1n) is 7.55. The van der Waals surface area contributed by atoms with Gasteiger partial charge in [0.1, 0.15) is 0 Å². The Hall–Kier alpha value is -0.820. The highest BCUT2D eigenvalue weighted by molar-refractivity contribution is 5.14. The molecule has 1 aromatic rings. The third-order valence-electron chi connectivity index (χ3n) is 3.24. The monoisotopic (exact) mass is 264 g/mol. The van der Waals surface area contributed by atoms with Crippen molar-refractivity contribution in [3.63, 3.8) is 0 Å². The van der Waals surface area contributed by atoms with E-state index in [9.17, 15) is 0 Å². The Labute approximate surface area is 120 Å². The first kappa shape index (κ1) is 18.2. The van der Waals surface area contributed by atoms with E-state index in [0.717, 1.165) is 13.2 Å². The molecule has 110 valence electrons. The van der Waals surface area contributed by atoms with Crippen LogP contribution in [0.25, 0.3) is 0 Å². The maximum absolute atomic E-state index is 5.65. The number of rotatable bonds is 11. The summed E-state index contributed by atoms with van der Waals surface area (Å²) in [5.41, 5.74) is 1.44. The van der Waals surface area contributed by atoms with Crippen LogP contribution in [0.1, 0.15) is 64.9 Å². The molecule has 0 heterocycles. The number of unbranched alkanes of at least 4 members (excludes halogenated alkanes) is 5. The molecule has 1 nitrogen and oxygen atoms in total. The molecule has 0 N–H and O–H groups in total. The van der Waals surface area contributed by atoms with Crippen molar-refractivity contribution in [2.24, 2.45) is 0 Å². The lowest BCUT2D eigenvalue weighted by Gasteiger charge is -2.04. The quantitative estimate of drug-likeness (QED) is 0.470. The second-order valence-corrected chi connectivity index (χ2v) is 4.97. The van der Waals surface area contributed by atoms with E-state index in [1.807, 2.05) is 0 Å². The zero-order valence-corrected chi connectivity index (χ0v) is 11.9. The first-order valence-corrected chi connectivity index (χ1v) is 7.55. The minimum absolute atomic E-state index is 0. The van der Waals surface area contributed by atoms with Gasteiger partial charge < -0.3 is 4.74 Å². The molecule has 0 saturated heterocycles. The van der Waals surface area contributed by atoms with Crippen molar-refractivity contribution in [2.45, 2.75) is 65.7 Å². The molecular formula is C18H32O. The van der Waals surface area contributed by atoms with E-state index in [4.69, 9.17) is 4.74 Å². The van der Waals surface area contributed by atoms with Gasteiger partial charge in [-0.25, -0.2) is 0 Å². The van der Waals surface area contributed by atoms with E-state index >= 15 is 0 Å². The molecule has 1 aromatic carbocycles. The molecule has 0 aliphatic rings. The molecule has 1 rings (SSSR count). The fourth-order valence-corrected chi connectivity index (χ4v) is 2.09. The molecule has 0 saturated carbocycles. The van der Waals surface area contributed by atoms with Gasteiger partial charge in [-0.05, 0) is 31.2 Å². The predicted octanol–water partition coefficient (Wildman–Crippen LogP) is 5.63. The molecule has 0 amide bonds. The summed E-state index contributed by atoms with van der Waals surface area (Å²) in [5, 5.41) is 0. The van der Waals surface area contributed by atoms with Crippen LogP contribution in [-0.4, -0.2) is 13.2 Å². The fraction of sp³-hybridized carbons (Fsp3) is 0.667. The van der Waals surface area contributed by atoms with Gasteiger partial charge in [-0.2, -0.15) is 0 Å². The van der Waals surface area contributed by atoms with Gasteiger partial charge in [-0.1, -0.05) is 70.4 Å². The third-order valence-corrected chi connectivity index (χ3v) is 3.24. The highest BCUT2D eigenvalue weighted by atomic mass is 16.5. The van der Waals surface area contributed by atoms with Crippen LogP contribution >= 0.6 is 0 Å². The zero-order valence-electron chi connectivity index (χ0n) is 11.9. The summed E-state index contributed by atoms with van der Waals surface area (Å²) >= 11 is 0. The van der Waals surface area contributed by atoms with Crippen molar-refractivity contribution in [2.75, 3.05) is 13.2 Å². The molecule has 0 radical (unpaired) electrons. The van der Waals surface area contributed by atoms with Crippen molar-refractivity contribution >= 4 is 0 Å². The Morgan fingerprint density at radius 3 is 2.11 bits per heavy atom. The van der Waals surface area contributed by atoms with Gasteiger partial charge in [-0.3, -0.25) is 0 Å². The lowest BCUT2D eigenvalue weighted by atomic mass is 10.1. The maximum Gasteiger partial charge on any atom is 0.0466 e. The van der Waals surface area contributed by atoms with Gasteiger partial charge in [0.2, 0.25) is 0 Å². The Kier molecular flexibility index (Phi) is 13.0. The summed E-state index contributed by atoms with van der Waals surface area (Å²) in [6, 6.07) is 10.7. The zero-order chi connectivity index (χ0) is 12.9. The number of hydrogen-bond acceptors (Lipinski definition) is 1. The fourth-order valence-electron chi connectivity index (χ4n) is 2.09. The predicted molar refractivity (Wildman–Crippen MR) is 85.7 cm³/mol. The van der Waals surface area contributed by atoms with Gasteiger partial charge >= 0.3 is 0 Å². The molecule has 0 aromatic heterocycles. The summed E-state index contributed by atoms with van der Waals surface area (Å²) in [7, 11) is 0. The highest BCUT2D eigenvalue weighted by Gasteiger charge is 1.93. The Bertz CT molecular complexity index is 268. The minimum Gasteiger partial charge on any atom is -0.381 e. The van der Waals surface area contributed by atoms with Gasteiger partial charge in [-0.15, -0.1) is 0 Å². The average molecular weight is 264 g/mol. The average Bonchev–Trinajstić information content (AvgIpc) is 2.42. The standard InChI is InChI=1S/C17H28O.CH4/c1-2-3-4-5-10-15-18-16-11-9-14-17-12-7-6-8-13-17;/h6-8,12-13H,2-5,9-11,14-16H2,1H3;1H4.